The average molecular weight is 1170 g/mol. The van der Waals surface area contributed by atoms with Crippen LogP contribution in [0.2, 0.25) is 0 Å². The zero-order chi connectivity index (χ0) is 59.7. The van der Waals surface area contributed by atoms with E-state index in [-0.39, 0.29) is 131 Å². The summed E-state index contributed by atoms with van der Waals surface area (Å²) in [5, 5.41) is 16.1. The number of nitrogens with one attached hydrogen (secondary N) is 5. The summed E-state index contributed by atoms with van der Waals surface area (Å²) in [4.78, 5) is 97.3. The van der Waals surface area contributed by atoms with E-state index in [0.29, 0.717) is 97.2 Å². The normalized spacial score (nSPS) is 27.2. The average Bonchev–Trinajstić information content (AvgIpc) is 3.22. The molecular formula is C61H86F3N11O9. The minimum absolute atomic E-state index is 0.00904. The van der Waals surface area contributed by atoms with Crippen LogP contribution in [0.5, 0.6) is 6.01 Å². The number of ether oxygens (including phenoxy) is 3. The maximum absolute atomic E-state index is 14.1. The molecule has 20 nitrogen and oxygen atoms in total. The van der Waals surface area contributed by atoms with Gasteiger partial charge in [-0.05, 0) is 153 Å². The highest BCUT2D eigenvalue weighted by Gasteiger charge is 2.45. The molecule has 2 aromatic heterocycles. The van der Waals surface area contributed by atoms with Crippen LogP contribution in [0.15, 0.2) is 42.7 Å². The number of piperidine rings is 1. The second-order valence-electron chi connectivity index (χ2n) is 25.2. The van der Waals surface area contributed by atoms with Gasteiger partial charge in [-0.2, -0.15) is 23.1 Å². The van der Waals surface area contributed by atoms with Crippen molar-refractivity contribution in [2.24, 2.45) is 17.8 Å². The third-order valence-corrected chi connectivity index (χ3v) is 17.8. The number of benzene rings is 1. The molecular weight excluding hydrogens is 1090 g/mol. The number of likely N-dealkylation sites (tertiary alicyclic amines) is 3. The lowest BCUT2D eigenvalue weighted by atomic mass is 9.84. The number of aromatic nitrogens is 3. The number of pyridine rings is 1. The minimum Gasteiger partial charge on any atom is -0.463 e. The van der Waals surface area contributed by atoms with Crippen LogP contribution in [0, 0.1) is 17.8 Å². The van der Waals surface area contributed by atoms with E-state index in [2.05, 4.69) is 62.3 Å². The maximum atomic E-state index is 14.1. The fourth-order valence-corrected chi connectivity index (χ4v) is 13.5. The monoisotopic (exact) mass is 1170 g/mol. The van der Waals surface area contributed by atoms with Crippen molar-refractivity contribution in [3.05, 3.63) is 53.9 Å². The molecule has 5 N–H and O–H groups in total. The number of amides is 6. The van der Waals surface area contributed by atoms with Gasteiger partial charge in [-0.25, -0.2) is 0 Å². The van der Waals surface area contributed by atoms with Gasteiger partial charge in [0.25, 0.3) is 0 Å². The van der Waals surface area contributed by atoms with Gasteiger partial charge in [0.15, 0.2) is 0 Å². The van der Waals surface area contributed by atoms with Gasteiger partial charge in [-0.1, -0.05) is 6.07 Å². The fraction of sp³-hybridized carbons (Fsp3) is 0.689. The molecule has 6 fully saturated rings. The van der Waals surface area contributed by atoms with Gasteiger partial charge >= 0.3 is 12.2 Å². The molecule has 3 aromatic rings. The molecule has 460 valence electrons. The molecule has 3 saturated carbocycles. The Morgan fingerprint density at radius 2 is 1.52 bits per heavy atom. The molecule has 0 spiro atoms. The molecule has 6 atom stereocenters. The highest BCUT2D eigenvalue weighted by atomic mass is 19.4. The van der Waals surface area contributed by atoms with Crippen LogP contribution in [0.1, 0.15) is 154 Å². The molecule has 6 amide bonds. The number of nitrogens with zero attached hydrogens (tertiary/aromatic N) is 6. The molecule has 0 radical (unpaired) electrons. The van der Waals surface area contributed by atoms with Gasteiger partial charge in [0.05, 0.1) is 60.5 Å². The third kappa shape index (κ3) is 16.4. The topological polar surface area (TPSA) is 239 Å². The highest BCUT2D eigenvalue weighted by Crippen LogP contribution is 2.38. The smallest absolute Gasteiger partial charge is 0.416 e. The van der Waals surface area contributed by atoms with Crippen LogP contribution >= 0.6 is 0 Å². The summed E-state index contributed by atoms with van der Waals surface area (Å²) in [6, 6.07) is 5.46. The number of anilines is 1. The summed E-state index contributed by atoms with van der Waals surface area (Å²) in [5.41, 5.74) is 0.0727. The summed E-state index contributed by atoms with van der Waals surface area (Å²) in [5.74, 6) is -0.950. The number of carbonyl (C=O) groups is 6. The molecule has 0 unspecified atom stereocenters. The van der Waals surface area contributed by atoms with Crippen molar-refractivity contribution < 1.29 is 56.1 Å². The molecule has 3 saturated heterocycles. The van der Waals surface area contributed by atoms with Crippen molar-refractivity contribution in [1.82, 2.24) is 50.9 Å². The van der Waals surface area contributed by atoms with E-state index >= 15 is 0 Å². The molecule has 6 aliphatic rings. The molecule has 23 heteroatoms. The lowest BCUT2D eigenvalue weighted by Gasteiger charge is -2.43. The molecule has 5 heterocycles. The lowest BCUT2D eigenvalue weighted by molar-refractivity contribution is -0.138. The molecule has 3 aliphatic carbocycles. The van der Waals surface area contributed by atoms with E-state index in [4.69, 9.17) is 14.2 Å². The van der Waals surface area contributed by atoms with E-state index in [9.17, 15) is 41.9 Å². The van der Waals surface area contributed by atoms with Crippen LogP contribution in [0.4, 0.5) is 19.0 Å². The second-order valence-corrected chi connectivity index (χ2v) is 25.2. The zero-order valence-corrected chi connectivity index (χ0v) is 49.4. The Morgan fingerprint density at radius 3 is 2.20 bits per heavy atom. The van der Waals surface area contributed by atoms with E-state index in [1.807, 2.05) is 11.0 Å². The first-order valence-electron chi connectivity index (χ1n) is 30.5. The van der Waals surface area contributed by atoms with Crippen LogP contribution in [-0.2, 0) is 44.4 Å². The summed E-state index contributed by atoms with van der Waals surface area (Å²) in [6.45, 7) is 10.7. The van der Waals surface area contributed by atoms with E-state index < -0.39 is 23.7 Å². The van der Waals surface area contributed by atoms with Crippen LogP contribution in [0.3, 0.4) is 0 Å². The van der Waals surface area contributed by atoms with Crippen molar-refractivity contribution in [1.29, 1.82) is 0 Å². The van der Waals surface area contributed by atoms with Crippen molar-refractivity contribution in [3.8, 4) is 6.01 Å². The molecule has 1 aromatic carbocycles. The first-order chi connectivity index (χ1) is 40.1. The fourth-order valence-electron chi connectivity index (χ4n) is 13.5. The van der Waals surface area contributed by atoms with E-state index in [1.165, 1.54) is 13.0 Å². The van der Waals surface area contributed by atoms with Crippen molar-refractivity contribution in [2.45, 2.75) is 197 Å². The number of rotatable bonds is 21. The van der Waals surface area contributed by atoms with E-state index in [1.54, 1.807) is 35.3 Å². The second kappa shape index (κ2) is 27.9. The number of alkyl halides is 3. The first-order valence-corrected chi connectivity index (χ1v) is 30.5. The highest BCUT2D eigenvalue weighted by molar-refractivity contribution is 5.94. The molecule has 9 rings (SSSR count). The Labute approximate surface area is 490 Å². The first kappa shape index (κ1) is 62.3. The Balaban J connectivity index is 0.654. The van der Waals surface area contributed by atoms with E-state index in [0.717, 1.165) is 62.6 Å². The van der Waals surface area contributed by atoms with Crippen LogP contribution < -0.4 is 31.3 Å². The van der Waals surface area contributed by atoms with Crippen LogP contribution in [-0.4, -0.2) is 166 Å². The Bertz CT molecular complexity index is 2770. The van der Waals surface area contributed by atoms with Gasteiger partial charge in [0.1, 0.15) is 11.9 Å². The number of hydrogen-bond acceptors (Lipinski definition) is 14. The number of halogens is 3. The quantitative estimate of drug-likeness (QED) is 0.0705. The lowest BCUT2D eigenvalue weighted by Crippen LogP contribution is -2.59. The third-order valence-electron chi connectivity index (χ3n) is 17.8. The molecule has 0 bridgehead atoms. The SMILES string of the molecule is CC(=O)N[C@@H]1C[C@H](NC(C)(C)C)CC[C@@H]1N1CC[C@H](Nc2nc(OCC3CCN(C(=O)[C@H]4CC[C@H](NC(=O)CCCO[C@H]5CC[C@H](OCCNC(=O)[C@H]6CC(=O)N(C)[C@@H]6c6cccnc6)CC5)CC4)CC3)nc3ccc(C(F)(F)F)cc23)C1=O. The number of hydrogen-bond donors (Lipinski definition) is 5. The van der Waals surface area contributed by atoms with Gasteiger partial charge in [-0.15, -0.1) is 0 Å². The number of fused-ring (bicyclic) bond motifs is 1. The summed E-state index contributed by atoms with van der Waals surface area (Å²) in [6.07, 6.45) is 10.3. The van der Waals surface area contributed by atoms with Crippen molar-refractivity contribution in [3.63, 3.8) is 0 Å². The standard InChI is InChI=1S/C61H86F3N11O9/c1-37(76)67-50-33-43(72-60(2,3)4)15-21-51(50)75-29-24-49(58(75)81)69-55-46-32-41(61(62,63)64)12-20-48(46)70-59(71-55)84-36-38-22-27-74(28-23-38)57(80)39-10-13-42(14-11-39)68-52(77)9-7-30-82-44-16-18-45(19-17-44)83-31-26-66-56(79)47-34-53(78)73(5)54(47)40-8-6-25-65-35-40/h6,8,12,20,25,32,35,38-39,42-45,47,49-51,54,72H,7,9-11,13-19,21-24,26-31,33-34,36H2,1-5H3,(H,66,79)(H,67,76)(H,68,77)(H,69,70,71)/t39-,42-,43-,44-,45-,47+,49+,50-,51+,54-/m1/s1. The predicted octanol–water partition coefficient (Wildman–Crippen LogP) is 6.62. The Kier molecular flexibility index (Phi) is 20.7. The predicted molar refractivity (Wildman–Crippen MR) is 307 cm³/mol. The summed E-state index contributed by atoms with van der Waals surface area (Å²) < 4.78 is 60.4. The summed E-state index contributed by atoms with van der Waals surface area (Å²) in [7, 11) is 1.72. The largest absolute Gasteiger partial charge is 0.463 e. The van der Waals surface area contributed by atoms with Gasteiger partial charge in [0.2, 0.25) is 35.4 Å². The summed E-state index contributed by atoms with van der Waals surface area (Å²) >= 11 is 0. The Morgan fingerprint density at radius 1 is 0.810 bits per heavy atom. The van der Waals surface area contributed by atoms with Gasteiger partial charge in [0, 0.05) is 101 Å². The molecule has 84 heavy (non-hydrogen) atoms. The van der Waals surface area contributed by atoms with Crippen LogP contribution in [0.25, 0.3) is 10.9 Å². The van der Waals surface area contributed by atoms with Crippen molar-refractivity contribution in [2.75, 3.05) is 58.4 Å². The van der Waals surface area contributed by atoms with Gasteiger partial charge in [-0.3, -0.25) is 33.8 Å². The minimum atomic E-state index is -4.62. The van der Waals surface area contributed by atoms with Crippen molar-refractivity contribution >= 4 is 52.2 Å². The zero-order valence-electron chi connectivity index (χ0n) is 49.4. The number of carbonyl (C=O) groups excluding carboxylic acids is 6. The Hall–Kier alpha value is -6.20. The molecule has 3 aliphatic heterocycles. The maximum Gasteiger partial charge on any atom is 0.416 e. The van der Waals surface area contributed by atoms with Gasteiger partial charge < -0.3 is 55.5 Å².